The molecule has 1 aromatic carbocycles. The van der Waals surface area contributed by atoms with Crippen molar-refractivity contribution in [3.05, 3.63) is 29.8 Å². The van der Waals surface area contributed by atoms with E-state index in [1.807, 2.05) is 0 Å². The number of unbranched alkanes of at least 4 members (excludes halogenated alkanes) is 10. The fraction of sp³-hybridized carbons (Fsp3) is 0.778. The highest BCUT2D eigenvalue weighted by Gasteiger charge is 2.40. The molecule has 0 aliphatic heterocycles. The quantitative estimate of drug-likeness (QED) is 0.130. The highest BCUT2D eigenvalue weighted by Crippen LogP contribution is 2.41. The van der Waals surface area contributed by atoms with Gasteiger partial charge in [0.05, 0.1) is 12.5 Å². The van der Waals surface area contributed by atoms with Crippen molar-refractivity contribution in [1.82, 2.24) is 0 Å². The van der Waals surface area contributed by atoms with Gasteiger partial charge in [-0.25, -0.2) is 0 Å². The Morgan fingerprint density at radius 3 is 2.03 bits per heavy atom. The van der Waals surface area contributed by atoms with E-state index in [0.29, 0.717) is 18.3 Å². The van der Waals surface area contributed by atoms with Crippen LogP contribution >= 0.6 is 0 Å². The van der Waals surface area contributed by atoms with Crippen molar-refractivity contribution in [2.75, 3.05) is 6.61 Å². The number of hydrogen-bond donors (Lipinski definition) is 0. The normalized spacial score (nSPS) is 21.1. The van der Waals surface area contributed by atoms with Gasteiger partial charge in [0.1, 0.15) is 11.5 Å². The molecule has 2 aliphatic rings. The molecule has 0 bridgehead atoms. The van der Waals surface area contributed by atoms with Crippen molar-refractivity contribution < 1.29 is 14.3 Å². The summed E-state index contributed by atoms with van der Waals surface area (Å²) in [5, 5.41) is 0. The van der Waals surface area contributed by atoms with Gasteiger partial charge in [0.15, 0.2) is 5.78 Å². The van der Waals surface area contributed by atoms with Crippen LogP contribution in [0.4, 0.5) is 0 Å². The Labute approximate surface area is 240 Å². The molecule has 2 saturated carbocycles. The first-order valence-electron chi connectivity index (χ1n) is 16.9. The van der Waals surface area contributed by atoms with Gasteiger partial charge in [0, 0.05) is 12.3 Å². The first kappa shape index (κ1) is 31.9. The fourth-order valence-electron chi connectivity index (χ4n) is 7.05. The van der Waals surface area contributed by atoms with E-state index in [9.17, 15) is 9.59 Å². The van der Waals surface area contributed by atoms with Crippen molar-refractivity contribution >= 4 is 11.6 Å². The Bertz CT molecular complexity index is 807. The zero-order chi connectivity index (χ0) is 27.7. The largest absolute Gasteiger partial charge is 0.494 e. The third kappa shape index (κ3) is 11.0. The third-order valence-corrected chi connectivity index (χ3v) is 9.49. The van der Waals surface area contributed by atoms with Gasteiger partial charge in [-0.05, 0) is 61.6 Å². The Morgan fingerprint density at radius 2 is 1.38 bits per heavy atom. The van der Waals surface area contributed by atoms with Gasteiger partial charge in [-0.3, -0.25) is 9.59 Å². The molecule has 0 radical (unpaired) electrons. The number of hydrogen-bond acceptors (Lipinski definition) is 3. The van der Waals surface area contributed by atoms with Crippen LogP contribution in [-0.2, 0) is 9.59 Å². The minimum Gasteiger partial charge on any atom is -0.494 e. The van der Waals surface area contributed by atoms with Crippen molar-refractivity contribution in [2.24, 2.45) is 17.8 Å². The molecule has 0 amide bonds. The highest BCUT2D eigenvalue weighted by molar-refractivity contribution is 6.05. The highest BCUT2D eigenvalue weighted by atomic mass is 16.5. The van der Waals surface area contributed by atoms with E-state index >= 15 is 0 Å². The number of rotatable bonds is 19. The summed E-state index contributed by atoms with van der Waals surface area (Å²) in [4.78, 5) is 27.3. The number of carbonyl (C=O) groups is 2. The van der Waals surface area contributed by atoms with Gasteiger partial charge in [-0.1, -0.05) is 122 Å². The molecule has 1 aromatic rings. The van der Waals surface area contributed by atoms with Crippen LogP contribution in [-0.4, -0.2) is 18.2 Å². The van der Waals surface area contributed by atoms with Crippen LogP contribution in [0.2, 0.25) is 0 Å². The monoisotopic (exact) mass is 538 g/mol. The van der Waals surface area contributed by atoms with Crippen LogP contribution in [0.15, 0.2) is 24.3 Å². The Hall–Kier alpha value is -1.64. The third-order valence-electron chi connectivity index (χ3n) is 9.49. The summed E-state index contributed by atoms with van der Waals surface area (Å²) in [6, 6.07) is 8.33. The molecule has 3 rings (SSSR count). The van der Waals surface area contributed by atoms with Gasteiger partial charge in [-0.15, -0.1) is 0 Å². The first-order valence-corrected chi connectivity index (χ1v) is 16.9. The Balaban J connectivity index is 1.53. The van der Waals surface area contributed by atoms with Crippen LogP contribution in [0.3, 0.4) is 0 Å². The fourth-order valence-corrected chi connectivity index (χ4v) is 7.05. The van der Waals surface area contributed by atoms with E-state index in [2.05, 4.69) is 38.1 Å². The summed E-state index contributed by atoms with van der Waals surface area (Å²) in [6.45, 7) is 5.26. The molecular formula is C36H58O3. The molecule has 3 nitrogen and oxygen atoms in total. The molecule has 0 spiro atoms. The zero-order valence-electron chi connectivity index (χ0n) is 25.4. The van der Waals surface area contributed by atoms with Gasteiger partial charge in [0.25, 0.3) is 0 Å². The van der Waals surface area contributed by atoms with Gasteiger partial charge in [-0.2, -0.15) is 0 Å². The second kappa shape index (κ2) is 18.7. The lowest BCUT2D eigenvalue weighted by Gasteiger charge is -2.34. The minimum atomic E-state index is -0.387. The molecule has 0 heterocycles. The molecule has 2 fully saturated rings. The van der Waals surface area contributed by atoms with Crippen molar-refractivity contribution in [3.63, 3.8) is 0 Å². The maximum atomic E-state index is 14.0. The van der Waals surface area contributed by atoms with Gasteiger partial charge in [0.2, 0.25) is 0 Å². The molecule has 0 N–H and O–H groups in total. The number of carbonyl (C=O) groups excluding carboxylic acids is 2. The van der Waals surface area contributed by atoms with Crippen molar-refractivity contribution in [3.8, 4) is 5.75 Å². The number of benzene rings is 1. The summed E-state index contributed by atoms with van der Waals surface area (Å²) in [5.74, 6) is 1.67. The van der Waals surface area contributed by atoms with Gasteiger partial charge < -0.3 is 4.74 Å². The Kier molecular flexibility index (Phi) is 15.3. The molecule has 3 atom stereocenters. The van der Waals surface area contributed by atoms with Crippen molar-refractivity contribution in [1.29, 1.82) is 0 Å². The zero-order valence-corrected chi connectivity index (χ0v) is 25.4. The summed E-state index contributed by atoms with van der Waals surface area (Å²) in [6.07, 6.45) is 24.8. The average Bonchev–Trinajstić information content (AvgIpc) is 2.96. The number of ketones is 2. The van der Waals surface area contributed by atoms with Crippen LogP contribution < -0.4 is 4.74 Å². The van der Waals surface area contributed by atoms with E-state index < -0.39 is 0 Å². The lowest BCUT2D eigenvalue weighted by atomic mass is 9.68. The molecule has 39 heavy (non-hydrogen) atoms. The van der Waals surface area contributed by atoms with E-state index in [-0.39, 0.29) is 23.4 Å². The maximum absolute atomic E-state index is 14.0. The predicted octanol–water partition coefficient (Wildman–Crippen LogP) is 10.4. The summed E-state index contributed by atoms with van der Waals surface area (Å²) in [5.41, 5.74) is 1.10. The number of ether oxygens (including phenoxy) is 1. The SMILES string of the molecule is CCCCCCCCCOc1ccc(C(C(=O)C2CCC(CCCCCCC)CC2=O)C2CCCCC2)cc1. The maximum Gasteiger partial charge on any atom is 0.151 e. The summed E-state index contributed by atoms with van der Waals surface area (Å²) >= 11 is 0. The van der Waals surface area contributed by atoms with Crippen LogP contribution in [0.5, 0.6) is 5.75 Å². The molecule has 3 heteroatoms. The van der Waals surface area contributed by atoms with E-state index in [1.54, 1.807) is 0 Å². The van der Waals surface area contributed by atoms with Gasteiger partial charge >= 0.3 is 0 Å². The predicted molar refractivity (Wildman–Crippen MR) is 163 cm³/mol. The molecule has 0 aromatic heterocycles. The summed E-state index contributed by atoms with van der Waals surface area (Å²) in [7, 11) is 0. The number of Topliss-reactive ketones (excluding diaryl/α,β-unsaturated/α-hetero) is 2. The molecule has 2 aliphatic carbocycles. The Morgan fingerprint density at radius 1 is 0.769 bits per heavy atom. The van der Waals surface area contributed by atoms with Crippen LogP contribution in [0.1, 0.15) is 160 Å². The topological polar surface area (TPSA) is 43.4 Å². The lowest BCUT2D eigenvalue weighted by molar-refractivity contribution is -0.137. The van der Waals surface area contributed by atoms with E-state index in [4.69, 9.17) is 4.74 Å². The van der Waals surface area contributed by atoms with Crippen molar-refractivity contribution in [2.45, 2.75) is 155 Å². The molecule has 3 unspecified atom stereocenters. The minimum absolute atomic E-state index is 0.137. The van der Waals surface area contributed by atoms with Crippen LogP contribution in [0.25, 0.3) is 0 Å². The molecule has 220 valence electrons. The average molecular weight is 539 g/mol. The van der Waals surface area contributed by atoms with E-state index in [0.717, 1.165) is 56.4 Å². The molecule has 0 saturated heterocycles. The van der Waals surface area contributed by atoms with E-state index in [1.165, 1.54) is 89.9 Å². The second-order valence-electron chi connectivity index (χ2n) is 12.7. The molecular weight excluding hydrogens is 480 g/mol. The van der Waals surface area contributed by atoms with Crippen LogP contribution in [0, 0.1) is 17.8 Å². The summed E-state index contributed by atoms with van der Waals surface area (Å²) < 4.78 is 6.03. The standard InChI is InChI=1S/C36H58O3/c1-3-5-7-9-10-12-17-27-39-32-24-22-31(23-25-32)35(30-19-15-13-16-20-30)36(38)33-26-21-29(28-34(33)37)18-14-11-8-6-4-2/h22-25,29-30,33,35H,3-21,26-28H2,1-2H3. The first-order chi connectivity index (χ1) is 19.1. The smallest absolute Gasteiger partial charge is 0.151 e. The second-order valence-corrected chi connectivity index (χ2v) is 12.7. The lowest BCUT2D eigenvalue weighted by Crippen LogP contribution is -2.36.